The summed E-state index contributed by atoms with van der Waals surface area (Å²) in [4.78, 5) is 7.18. The molecule has 18 heavy (non-hydrogen) atoms. The molecule has 3 nitrogen and oxygen atoms in total. The molecule has 1 aromatic heterocycles. The fourth-order valence-electron chi connectivity index (χ4n) is 1.90. The summed E-state index contributed by atoms with van der Waals surface area (Å²) in [6.07, 6.45) is 2.25. The second-order valence-corrected chi connectivity index (χ2v) is 5.56. The van der Waals surface area contributed by atoms with E-state index in [1.54, 1.807) is 11.3 Å². The van der Waals surface area contributed by atoms with Gasteiger partial charge in [0.1, 0.15) is 0 Å². The third-order valence-electron chi connectivity index (χ3n) is 3.25. The van der Waals surface area contributed by atoms with Gasteiger partial charge in [-0.25, -0.2) is 4.98 Å². The van der Waals surface area contributed by atoms with Crippen molar-refractivity contribution in [2.24, 2.45) is 0 Å². The summed E-state index contributed by atoms with van der Waals surface area (Å²) in [5.41, 5.74) is 1.20. The van der Waals surface area contributed by atoms with E-state index in [4.69, 9.17) is 4.98 Å². The van der Waals surface area contributed by atoms with Crippen LogP contribution < -0.4 is 5.32 Å². The lowest BCUT2D eigenvalue weighted by Gasteiger charge is -2.16. The van der Waals surface area contributed by atoms with Gasteiger partial charge in [-0.15, -0.1) is 11.3 Å². The Hall–Kier alpha value is -0.450. The lowest BCUT2D eigenvalue weighted by Crippen LogP contribution is -2.25. The van der Waals surface area contributed by atoms with Crippen molar-refractivity contribution in [1.82, 2.24) is 15.2 Å². The van der Waals surface area contributed by atoms with Crippen LogP contribution in [-0.2, 0) is 6.42 Å². The molecule has 1 unspecified atom stereocenters. The minimum absolute atomic E-state index is 0.378. The zero-order chi connectivity index (χ0) is 13.4. The number of hydrogen-bond acceptors (Lipinski definition) is 4. The molecule has 4 heteroatoms. The Morgan fingerprint density at radius 3 is 2.67 bits per heavy atom. The number of nitrogens with zero attached hydrogens (tertiary/aromatic N) is 2. The van der Waals surface area contributed by atoms with Gasteiger partial charge >= 0.3 is 0 Å². The van der Waals surface area contributed by atoms with Crippen molar-refractivity contribution < 1.29 is 0 Å². The Kier molecular flexibility index (Phi) is 7.47. The molecule has 0 saturated heterocycles. The molecule has 0 aliphatic carbocycles. The van der Waals surface area contributed by atoms with Crippen LogP contribution in [0.2, 0.25) is 0 Å². The first-order chi connectivity index (χ1) is 8.71. The quantitative estimate of drug-likeness (QED) is 0.746. The van der Waals surface area contributed by atoms with Crippen LogP contribution in [0.1, 0.15) is 50.9 Å². The summed E-state index contributed by atoms with van der Waals surface area (Å²) >= 11 is 1.80. The van der Waals surface area contributed by atoms with Gasteiger partial charge in [-0.3, -0.25) is 0 Å². The number of rotatable bonds is 9. The maximum absolute atomic E-state index is 4.73. The largest absolute Gasteiger partial charge is 0.309 e. The van der Waals surface area contributed by atoms with E-state index >= 15 is 0 Å². The second kappa shape index (κ2) is 8.62. The highest BCUT2D eigenvalue weighted by atomic mass is 32.1. The van der Waals surface area contributed by atoms with E-state index in [9.17, 15) is 0 Å². The molecule has 1 atom stereocenters. The first-order valence-corrected chi connectivity index (χ1v) is 7.99. The molecule has 0 aromatic carbocycles. The van der Waals surface area contributed by atoms with E-state index in [0.717, 1.165) is 32.6 Å². The molecule has 0 aliphatic rings. The van der Waals surface area contributed by atoms with Gasteiger partial charge in [0.05, 0.1) is 10.7 Å². The minimum Gasteiger partial charge on any atom is -0.309 e. The average molecular weight is 269 g/mol. The van der Waals surface area contributed by atoms with E-state index in [1.165, 1.54) is 17.1 Å². The number of hydrogen-bond donors (Lipinski definition) is 1. The zero-order valence-electron chi connectivity index (χ0n) is 12.2. The Balaban J connectivity index is 2.42. The van der Waals surface area contributed by atoms with Gasteiger partial charge in [0.2, 0.25) is 0 Å². The number of aromatic nitrogens is 1. The predicted molar refractivity (Wildman–Crippen MR) is 80.3 cm³/mol. The van der Waals surface area contributed by atoms with Crippen LogP contribution in [-0.4, -0.2) is 36.1 Å². The van der Waals surface area contributed by atoms with Crippen LogP contribution in [0.3, 0.4) is 0 Å². The highest BCUT2D eigenvalue weighted by molar-refractivity contribution is 7.09. The molecule has 0 radical (unpaired) electrons. The molecular formula is C14H27N3S. The van der Waals surface area contributed by atoms with Gasteiger partial charge in [-0.05, 0) is 33.0 Å². The van der Waals surface area contributed by atoms with Crippen molar-refractivity contribution in [3.05, 3.63) is 16.1 Å². The van der Waals surface area contributed by atoms with Crippen molar-refractivity contribution in [3.8, 4) is 0 Å². The number of nitrogens with one attached hydrogen (secondary N) is 1. The first kappa shape index (κ1) is 15.6. The standard InChI is InChI=1S/C14H27N3S/c1-5-9-15-12(4)13-11-18-14(16-13)8-10-17(6-2)7-3/h11-12,15H,5-10H2,1-4H3. The molecule has 1 rings (SSSR count). The van der Waals surface area contributed by atoms with Crippen LogP contribution in [0.4, 0.5) is 0 Å². The van der Waals surface area contributed by atoms with Gasteiger partial charge < -0.3 is 10.2 Å². The molecule has 0 aliphatic heterocycles. The summed E-state index contributed by atoms with van der Waals surface area (Å²) in [5, 5.41) is 6.95. The monoisotopic (exact) mass is 269 g/mol. The average Bonchev–Trinajstić information content (AvgIpc) is 2.86. The van der Waals surface area contributed by atoms with E-state index in [-0.39, 0.29) is 0 Å². The number of thiazole rings is 1. The van der Waals surface area contributed by atoms with Crippen LogP contribution in [0.15, 0.2) is 5.38 Å². The topological polar surface area (TPSA) is 28.2 Å². The Labute approximate surface area is 116 Å². The van der Waals surface area contributed by atoms with Crippen LogP contribution in [0, 0.1) is 0 Å². The Morgan fingerprint density at radius 1 is 1.33 bits per heavy atom. The Bertz CT molecular complexity index is 321. The molecule has 1 heterocycles. The molecule has 0 bridgehead atoms. The molecule has 1 aromatic rings. The summed E-state index contributed by atoms with van der Waals surface area (Å²) in [5.74, 6) is 0. The maximum Gasteiger partial charge on any atom is 0.0941 e. The predicted octanol–water partition coefficient (Wildman–Crippen LogP) is 3.09. The lowest BCUT2D eigenvalue weighted by atomic mass is 10.2. The lowest BCUT2D eigenvalue weighted by molar-refractivity contribution is 0.307. The SMILES string of the molecule is CCCNC(C)c1csc(CCN(CC)CC)n1. The second-order valence-electron chi connectivity index (χ2n) is 4.62. The fourth-order valence-corrected chi connectivity index (χ4v) is 2.78. The molecule has 104 valence electrons. The van der Waals surface area contributed by atoms with E-state index in [1.807, 2.05) is 0 Å². The van der Waals surface area contributed by atoms with Crippen molar-refractivity contribution in [2.75, 3.05) is 26.2 Å². The molecule has 0 fully saturated rings. The molecule has 1 N–H and O–H groups in total. The zero-order valence-corrected chi connectivity index (χ0v) is 13.0. The molecule has 0 amide bonds. The van der Waals surface area contributed by atoms with Crippen LogP contribution in [0.25, 0.3) is 0 Å². The fraction of sp³-hybridized carbons (Fsp3) is 0.786. The van der Waals surface area contributed by atoms with Crippen molar-refractivity contribution in [2.45, 2.75) is 46.6 Å². The van der Waals surface area contributed by atoms with E-state index < -0.39 is 0 Å². The highest BCUT2D eigenvalue weighted by Gasteiger charge is 2.09. The van der Waals surface area contributed by atoms with E-state index in [0.29, 0.717) is 6.04 Å². The normalized spacial score (nSPS) is 13.2. The highest BCUT2D eigenvalue weighted by Crippen LogP contribution is 2.17. The Morgan fingerprint density at radius 2 is 2.06 bits per heavy atom. The first-order valence-electron chi connectivity index (χ1n) is 7.11. The van der Waals surface area contributed by atoms with Gasteiger partial charge in [0.25, 0.3) is 0 Å². The van der Waals surface area contributed by atoms with Gasteiger partial charge in [0, 0.05) is 24.4 Å². The van der Waals surface area contributed by atoms with Gasteiger partial charge in [-0.1, -0.05) is 20.8 Å². The van der Waals surface area contributed by atoms with Gasteiger partial charge in [0.15, 0.2) is 0 Å². The summed E-state index contributed by atoms with van der Waals surface area (Å²) in [6.45, 7) is 13.3. The van der Waals surface area contributed by atoms with Crippen molar-refractivity contribution in [1.29, 1.82) is 0 Å². The van der Waals surface area contributed by atoms with E-state index in [2.05, 4.69) is 43.3 Å². The van der Waals surface area contributed by atoms with Crippen molar-refractivity contribution in [3.63, 3.8) is 0 Å². The third kappa shape index (κ3) is 5.04. The third-order valence-corrected chi connectivity index (χ3v) is 4.18. The maximum atomic E-state index is 4.73. The van der Waals surface area contributed by atoms with Crippen LogP contribution in [0.5, 0.6) is 0 Å². The van der Waals surface area contributed by atoms with Crippen molar-refractivity contribution >= 4 is 11.3 Å². The summed E-state index contributed by atoms with van der Waals surface area (Å²) in [7, 11) is 0. The van der Waals surface area contributed by atoms with Crippen LogP contribution >= 0.6 is 11.3 Å². The number of likely N-dealkylation sites (N-methyl/N-ethyl adjacent to an activating group) is 1. The molecule has 0 spiro atoms. The summed E-state index contributed by atoms with van der Waals surface area (Å²) in [6, 6.07) is 0.378. The smallest absolute Gasteiger partial charge is 0.0941 e. The summed E-state index contributed by atoms with van der Waals surface area (Å²) < 4.78 is 0. The molecular weight excluding hydrogens is 242 g/mol. The van der Waals surface area contributed by atoms with Gasteiger partial charge in [-0.2, -0.15) is 0 Å². The molecule has 0 saturated carbocycles. The minimum atomic E-state index is 0.378.